The van der Waals surface area contributed by atoms with Crippen molar-refractivity contribution in [2.45, 2.75) is 19.3 Å². The van der Waals surface area contributed by atoms with Crippen molar-refractivity contribution in [2.24, 2.45) is 0 Å². The van der Waals surface area contributed by atoms with Crippen LogP contribution in [0.3, 0.4) is 0 Å². The Hall–Kier alpha value is -5.81. The second-order valence-corrected chi connectivity index (χ2v) is 11.2. The fraction of sp³-hybridized carbons (Fsp3) is 0.0976. The van der Waals surface area contributed by atoms with Crippen molar-refractivity contribution >= 4 is 52.0 Å². The zero-order valence-corrected chi connectivity index (χ0v) is 25.7. The molecule has 6 rings (SSSR count). The Kier molecular flexibility index (Phi) is 9.12. The number of anilines is 4. The highest BCUT2D eigenvalue weighted by Gasteiger charge is 2.20. The summed E-state index contributed by atoms with van der Waals surface area (Å²) in [6, 6.07) is 46.1. The number of amides is 1. The minimum Gasteiger partial charge on any atom is -0.311 e. The van der Waals surface area contributed by atoms with Gasteiger partial charge in [-0.2, -0.15) is 0 Å². The first-order valence-electron chi connectivity index (χ1n) is 15.4. The van der Waals surface area contributed by atoms with Crippen molar-refractivity contribution in [3.05, 3.63) is 156 Å². The van der Waals surface area contributed by atoms with Crippen molar-refractivity contribution < 1.29 is 14.4 Å². The first kappa shape index (κ1) is 30.2. The first-order valence-corrected chi connectivity index (χ1v) is 15.4. The molecule has 0 fully saturated rings. The van der Waals surface area contributed by atoms with Crippen molar-refractivity contribution in [2.75, 3.05) is 16.8 Å². The molecule has 0 aliphatic rings. The lowest BCUT2D eigenvalue weighted by Gasteiger charge is -2.25. The van der Waals surface area contributed by atoms with E-state index >= 15 is 0 Å². The summed E-state index contributed by atoms with van der Waals surface area (Å²) in [5.74, 6) is -0.198. The van der Waals surface area contributed by atoms with Crippen LogP contribution in [-0.2, 0) is 11.2 Å². The summed E-state index contributed by atoms with van der Waals surface area (Å²) >= 11 is 0. The molecule has 5 heteroatoms. The topological polar surface area (TPSA) is 57.7 Å². The van der Waals surface area contributed by atoms with Gasteiger partial charge in [0.2, 0.25) is 0 Å². The highest BCUT2D eigenvalue weighted by molar-refractivity contribution is 6.19. The van der Waals surface area contributed by atoms with Crippen LogP contribution in [0, 0.1) is 0 Å². The van der Waals surface area contributed by atoms with Gasteiger partial charge in [0.05, 0.1) is 0 Å². The molecule has 0 atom stereocenters. The average Bonchev–Trinajstić information content (AvgIpc) is 3.12. The van der Waals surface area contributed by atoms with Crippen molar-refractivity contribution in [1.29, 1.82) is 0 Å². The molecule has 0 saturated carbocycles. The van der Waals surface area contributed by atoms with Gasteiger partial charge in [-0.15, -0.1) is 0 Å². The van der Waals surface area contributed by atoms with Gasteiger partial charge in [-0.3, -0.25) is 9.59 Å². The van der Waals surface area contributed by atoms with Crippen LogP contribution in [0.15, 0.2) is 140 Å². The lowest BCUT2D eigenvalue weighted by Crippen LogP contribution is -2.26. The molecule has 6 aromatic carbocycles. The third-order valence-corrected chi connectivity index (χ3v) is 8.31. The van der Waals surface area contributed by atoms with Crippen LogP contribution in [0.25, 0.3) is 21.9 Å². The minimum absolute atomic E-state index is 0.198. The number of hydrogen-bond donors (Lipinski definition) is 0. The summed E-state index contributed by atoms with van der Waals surface area (Å²) in [7, 11) is 1.75. The molecular formula is C41H34N2O3. The summed E-state index contributed by atoms with van der Waals surface area (Å²) in [5, 5.41) is 1.47. The number of fused-ring (bicyclic) bond motifs is 1. The van der Waals surface area contributed by atoms with Crippen LogP contribution in [-0.4, -0.2) is 25.5 Å². The fourth-order valence-electron chi connectivity index (χ4n) is 5.93. The molecule has 0 radical (unpaired) electrons. The second-order valence-electron chi connectivity index (χ2n) is 11.2. The Morgan fingerprint density at radius 3 is 1.85 bits per heavy atom. The van der Waals surface area contributed by atoms with Crippen LogP contribution in [0.2, 0.25) is 0 Å². The molecule has 0 spiro atoms. The van der Waals surface area contributed by atoms with Gasteiger partial charge in [-0.05, 0) is 89.5 Å². The van der Waals surface area contributed by atoms with Gasteiger partial charge >= 0.3 is 0 Å². The zero-order valence-electron chi connectivity index (χ0n) is 25.7. The number of rotatable bonds is 11. The molecule has 0 heterocycles. The molecule has 0 aromatic heterocycles. The van der Waals surface area contributed by atoms with E-state index < -0.39 is 0 Å². The average molecular weight is 603 g/mol. The molecule has 1 amide bonds. The van der Waals surface area contributed by atoms with E-state index in [2.05, 4.69) is 53.4 Å². The zero-order chi connectivity index (χ0) is 31.9. The van der Waals surface area contributed by atoms with E-state index in [-0.39, 0.29) is 5.91 Å². The first-order chi connectivity index (χ1) is 22.6. The summed E-state index contributed by atoms with van der Waals surface area (Å²) in [6.45, 7) is 0. The number of aryl methyl sites for hydroxylation is 1. The Morgan fingerprint density at radius 1 is 0.630 bits per heavy atom. The molecule has 46 heavy (non-hydrogen) atoms. The Bertz CT molecular complexity index is 1930. The van der Waals surface area contributed by atoms with E-state index in [0.29, 0.717) is 22.9 Å². The Morgan fingerprint density at radius 2 is 1.24 bits per heavy atom. The van der Waals surface area contributed by atoms with Gasteiger partial charge in [0, 0.05) is 52.7 Å². The van der Waals surface area contributed by atoms with E-state index in [0.717, 1.165) is 70.2 Å². The second kappa shape index (κ2) is 13.9. The van der Waals surface area contributed by atoms with E-state index in [1.165, 1.54) is 0 Å². The maximum Gasteiger partial charge on any atom is 0.258 e. The van der Waals surface area contributed by atoms with Gasteiger partial charge < -0.3 is 14.6 Å². The number of unbranched alkanes of at least 4 members (excludes halogenated alkanes) is 1. The molecule has 0 N–H and O–H groups in total. The Labute approximate surface area is 269 Å². The monoisotopic (exact) mass is 602 g/mol. The van der Waals surface area contributed by atoms with Crippen molar-refractivity contribution in [1.82, 2.24) is 0 Å². The number of carbonyl (C=O) groups excluding carboxylic acids is 3. The molecular weight excluding hydrogens is 568 g/mol. The summed E-state index contributed by atoms with van der Waals surface area (Å²) in [5.41, 5.74) is 7.86. The Balaban J connectivity index is 1.35. The fourth-order valence-corrected chi connectivity index (χ4v) is 5.93. The summed E-state index contributed by atoms with van der Waals surface area (Å²) < 4.78 is 0. The van der Waals surface area contributed by atoms with Crippen LogP contribution in [0.1, 0.15) is 39.1 Å². The molecule has 226 valence electrons. The smallest absolute Gasteiger partial charge is 0.258 e. The lowest BCUT2D eigenvalue weighted by molar-refractivity contribution is -0.107. The summed E-state index contributed by atoms with van der Waals surface area (Å²) in [4.78, 5) is 40.7. The molecule has 0 saturated heterocycles. The number of aldehydes is 2. The highest BCUT2D eigenvalue weighted by atomic mass is 16.2. The number of nitrogens with zero attached hydrogens (tertiary/aromatic N) is 2. The van der Waals surface area contributed by atoms with Crippen LogP contribution in [0.4, 0.5) is 22.7 Å². The predicted molar refractivity (Wildman–Crippen MR) is 188 cm³/mol. The van der Waals surface area contributed by atoms with Gasteiger partial charge in [-0.1, -0.05) is 84.9 Å². The van der Waals surface area contributed by atoms with Crippen LogP contribution in [0.5, 0.6) is 0 Å². The molecule has 0 unspecified atom stereocenters. The van der Waals surface area contributed by atoms with Gasteiger partial charge in [0.25, 0.3) is 5.91 Å². The predicted octanol–water partition coefficient (Wildman–Crippen LogP) is 9.59. The largest absolute Gasteiger partial charge is 0.311 e. The van der Waals surface area contributed by atoms with E-state index in [1.54, 1.807) is 24.1 Å². The van der Waals surface area contributed by atoms with Crippen molar-refractivity contribution in [3.8, 4) is 11.1 Å². The van der Waals surface area contributed by atoms with Gasteiger partial charge in [0.15, 0.2) is 6.29 Å². The molecule has 0 aliphatic heterocycles. The number of benzene rings is 6. The van der Waals surface area contributed by atoms with Crippen molar-refractivity contribution in [3.63, 3.8) is 0 Å². The number of para-hydroxylation sites is 2. The van der Waals surface area contributed by atoms with Gasteiger partial charge in [-0.25, -0.2) is 0 Å². The van der Waals surface area contributed by atoms with E-state index in [1.807, 2.05) is 78.9 Å². The van der Waals surface area contributed by atoms with E-state index in [4.69, 9.17) is 0 Å². The molecule has 6 aromatic rings. The number of hydrogen-bond acceptors (Lipinski definition) is 4. The van der Waals surface area contributed by atoms with Crippen LogP contribution < -0.4 is 9.80 Å². The summed E-state index contributed by atoms with van der Waals surface area (Å²) in [6.07, 6.45) is 3.89. The van der Waals surface area contributed by atoms with Gasteiger partial charge in [0.1, 0.15) is 6.29 Å². The van der Waals surface area contributed by atoms with E-state index in [9.17, 15) is 14.4 Å². The normalized spacial score (nSPS) is 10.8. The highest BCUT2D eigenvalue weighted by Crippen LogP contribution is 2.38. The molecule has 0 aliphatic carbocycles. The minimum atomic E-state index is -0.198. The number of carbonyl (C=O) groups is 3. The van der Waals surface area contributed by atoms with Crippen LogP contribution >= 0.6 is 0 Å². The standard InChI is InChI=1S/C41H34N2O3/c1-42(33-23-18-30(19-24-33)11-8-9-28-44)41(46)39-17-10-16-38-37(27-22-32(29-45)40(38)39)31-20-25-36(26-21-31)43(34-12-4-2-5-13-34)35-14-6-3-7-15-35/h2-7,10,12-29H,8-9,11H2,1H3. The maximum absolute atomic E-state index is 13.9. The quantitative estimate of drug-likeness (QED) is 0.109. The third kappa shape index (κ3) is 6.21. The molecule has 0 bridgehead atoms. The third-order valence-electron chi connectivity index (χ3n) is 8.31. The molecule has 5 nitrogen and oxygen atoms in total. The lowest BCUT2D eigenvalue weighted by atomic mass is 9.92. The maximum atomic E-state index is 13.9. The SMILES string of the molecule is CN(C(=O)c1cccc2c(-c3ccc(N(c4ccccc4)c4ccccc4)cc3)ccc(C=O)c12)c1ccc(CCCC=O)cc1.